The Morgan fingerprint density at radius 2 is 1.76 bits per heavy atom. The number of benzene rings is 1. The van der Waals surface area contributed by atoms with Crippen LogP contribution in [0.5, 0.6) is 0 Å². The Kier molecular flexibility index (Phi) is 6.04. The molecule has 2 amide bonds. The summed E-state index contributed by atoms with van der Waals surface area (Å²) in [6.07, 6.45) is 6.61. The summed E-state index contributed by atoms with van der Waals surface area (Å²) in [5.74, 6) is 1.71. The van der Waals surface area contributed by atoms with Crippen molar-refractivity contribution in [2.45, 2.75) is 64.8 Å². The van der Waals surface area contributed by atoms with E-state index in [1.807, 2.05) is 38.1 Å². The molecule has 1 aromatic heterocycles. The summed E-state index contributed by atoms with van der Waals surface area (Å²) in [7, 11) is 0. The van der Waals surface area contributed by atoms with Gasteiger partial charge in [-0.15, -0.1) is 0 Å². The van der Waals surface area contributed by atoms with Gasteiger partial charge in [-0.1, -0.05) is 17.7 Å². The van der Waals surface area contributed by atoms with Crippen LogP contribution in [0.25, 0.3) is 0 Å². The Hall–Kier alpha value is -2.96. The van der Waals surface area contributed by atoms with Crippen molar-refractivity contribution in [2.75, 3.05) is 29.4 Å². The van der Waals surface area contributed by atoms with Crippen LogP contribution in [0.4, 0.5) is 11.5 Å². The molecule has 1 atom stereocenters. The van der Waals surface area contributed by atoms with E-state index in [1.54, 1.807) is 4.90 Å². The number of amides is 2. The van der Waals surface area contributed by atoms with Gasteiger partial charge in [-0.3, -0.25) is 9.59 Å². The average molecular weight is 448 g/mol. The van der Waals surface area contributed by atoms with Crippen molar-refractivity contribution in [1.82, 2.24) is 15.3 Å². The number of fused-ring (bicyclic) bond motifs is 1. The zero-order chi connectivity index (χ0) is 22.9. The highest BCUT2D eigenvalue weighted by Crippen LogP contribution is 2.30. The molecular formula is C26H33N5O2. The molecule has 174 valence electrons. The first-order valence-electron chi connectivity index (χ1n) is 12.3. The van der Waals surface area contributed by atoms with Crippen LogP contribution in [-0.4, -0.2) is 47.5 Å². The van der Waals surface area contributed by atoms with Crippen LogP contribution in [0.2, 0.25) is 0 Å². The molecule has 1 N–H and O–H groups in total. The van der Waals surface area contributed by atoms with Crippen molar-refractivity contribution in [2.24, 2.45) is 5.92 Å². The quantitative estimate of drug-likeness (QED) is 0.779. The van der Waals surface area contributed by atoms with Crippen LogP contribution >= 0.6 is 0 Å². The third-order valence-corrected chi connectivity index (χ3v) is 7.26. The third kappa shape index (κ3) is 4.59. The number of rotatable bonds is 4. The van der Waals surface area contributed by atoms with Crippen LogP contribution in [0.15, 0.2) is 24.3 Å². The van der Waals surface area contributed by atoms with Gasteiger partial charge in [0.05, 0.1) is 5.92 Å². The van der Waals surface area contributed by atoms with Crippen LogP contribution in [0, 0.1) is 19.8 Å². The van der Waals surface area contributed by atoms with Gasteiger partial charge in [0.25, 0.3) is 0 Å². The normalized spacial score (nSPS) is 21.3. The number of hydrogen-bond acceptors (Lipinski definition) is 5. The zero-order valence-electron chi connectivity index (χ0n) is 19.6. The van der Waals surface area contributed by atoms with Crippen LogP contribution in [0.1, 0.15) is 54.7 Å². The molecule has 1 aliphatic carbocycles. The van der Waals surface area contributed by atoms with Gasteiger partial charge in [0.2, 0.25) is 11.8 Å². The fraction of sp³-hybridized carbons (Fsp3) is 0.538. The second kappa shape index (κ2) is 9.12. The van der Waals surface area contributed by atoms with Gasteiger partial charge in [0, 0.05) is 49.0 Å². The minimum Gasteiger partial charge on any atom is -0.356 e. The zero-order valence-corrected chi connectivity index (χ0v) is 19.6. The SMILES string of the molecule is Cc1ccc(N2CC(C(=O)NC3CCN(c4nc(C)nc5c4CCCC5)CC3)CC2=O)cc1. The highest BCUT2D eigenvalue weighted by Gasteiger charge is 2.36. The molecular weight excluding hydrogens is 414 g/mol. The van der Waals surface area contributed by atoms with E-state index in [1.165, 1.54) is 24.1 Å². The van der Waals surface area contributed by atoms with Crippen molar-refractivity contribution in [3.63, 3.8) is 0 Å². The lowest BCUT2D eigenvalue weighted by Crippen LogP contribution is -2.47. The summed E-state index contributed by atoms with van der Waals surface area (Å²) < 4.78 is 0. The highest BCUT2D eigenvalue weighted by atomic mass is 16.2. The minimum atomic E-state index is -0.284. The molecule has 7 heteroatoms. The number of nitrogens with zero attached hydrogens (tertiary/aromatic N) is 4. The van der Waals surface area contributed by atoms with E-state index in [9.17, 15) is 9.59 Å². The number of aromatic nitrogens is 2. The maximum atomic E-state index is 13.0. The topological polar surface area (TPSA) is 78.4 Å². The molecule has 5 rings (SSSR count). The standard InChI is InChI=1S/C26H33N5O2/c1-17-7-9-21(10-8-17)31-16-19(15-24(31)32)26(33)29-20-11-13-30(14-12-20)25-22-5-3-4-6-23(22)27-18(2)28-25/h7-10,19-20H,3-6,11-16H2,1-2H3,(H,29,33). The van der Waals surface area contributed by atoms with Crippen LogP contribution < -0.4 is 15.1 Å². The van der Waals surface area contributed by atoms with Crippen molar-refractivity contribution in [1.29, 1.82) is 0 Å². The van der Waals surface area contributed by atoms with E-state index in [4.69, 9.17) is 4.98 Å². The van der Waals surface area contributed by atoms with Gasteiger partial charge in [-0.2, -0.15) is 0 Å². The van der Waals surface area contributed by atoms with Gasteiger partial charge < -0.3 is 15.1 Å². The number of anilines is 2. The van der Waals surface area contributed by atoms with E-state index in [0.717, 1.165) is 61.7 Å². The Balaban J connectivity index is 1.17. The lowest BCUT2D eigenvalue weighted by molar-refractivity contribution is -0.127. The molecule has 1 unspecified atom stereocenters. The largest absolute Gasteiger partial charge is 0.356 e. The molecule has 2 aromatic rings. The first-order valence-corrected chi connectivity index (χ1v) is 12.3. The van der Waals surface area contributed by atoms with E-state index in [0.29, 0.717) is 6.54 Å². The summed E-state index contributed by atoms with van der Waals surface area (Å²) in [6.45, 7) is 6.23. The second-order valence-electron chi connectivity index (χ2n) is 9.74. The van der Waals surface area contributed by atoms with E-state index in [-0.39, 0.29) is 30.2 Å². The molecule has 2 aliphatic heterocycles. The Labute approximate surface area is 195 Å². The van der Waals surface area contributed by atoms with Gasteiger partial charge in [0.1, 0.15) is 11.6 Å². The maximum Gasteiger partial charge on any atom is 0.227 e. The lowest BCUT2D eigenvalue weighted by Gasteiger charge is -2.35. The molecule has 3 aliphatic rings. The minimum absolute atomic E-state index is 0.00618. The monoisotopic (exact) mass is 447 g/mol. The molecule has 33 heavy (non-hydrogen) atoms. The third-order valence-electron chi connectivity index (χ3n) is 7.26. The number of nitrogens with one attached hydrogen (secondary N) is 1. The molecule has 2 fully saturated rings. The van der Waals surface area contributed by atoms with Crippen LogP contribution in [0.3, 0.4) is 0 Å². The number of piperidine rings is 1. The van der Waals surface area contributed by atoms with Gasteiger partial charge in [0.15, 0.2) is 0 Å². The fourth-order valence-electron chi connectivity index (χ4n) is 5.37. The molecule has 0 radical (unpaired) electrons. The molecule has 7 nitrogen and oxygen atoms in total. The maximum absolute atomic E-state index is 13.0. The van der Waals surface area contributed by atoms with Gasteiger partial charge in [-0.05, 0) is 64.5 Å². The lowest BCUT2D eigenvalue weighted by atomic mass is 9.95. The molecule has 0 spiro atoms. The molecule has 2 saturated heterocycles. The summed E-state index contributed by atoms with van der Waals surface area (Å²) in [5, 5.41) is 3.23. The summed E-state index contributed by atoms with van der Waals surface area (Å²) >= 11 is 0. The Bertz CT molecular complexity index is 1040. The Morgan fingerprint density at radius 1 is 1.03 bits per heavy atom. The van der Waals surface area contributed by atoms with Crippen LogP contribution in [-0.2, 0) is 22.4 Å². The molecule has 3 heterocycles. The summed E-state index contributed by atoms with van der Waals surface area (Å²) in [6, 6.07) is 8.06. The van der Waals surface area contributed by atoms with Crippen molar-refractivity contribution in [3.8, 4) is 0 Å². The number of hydrogen-bond donors (Lipinski definition) is 1. The predicted molar refractivity (Wildman–Crippen MR) is 128 cm³/mol. The summed E-state index contributed by atoms with van der Waals surface area (Å²) in [5.41, 5.74) is 4.58. The van der Waals surface area contributed by atoms with E-state index >= 15 is 0 Å². The Morgan fingerprint density at radius 3 is 2.52 bits per heavy atom. The average Bonchev–Trinajstić information content (AvgIpc) is 3.21. The molecule has 1 aromatic carbocycles. The first kappa shape index (κ1) is 21.9. The van der Waals surface area contributed by atoms with E-state index in [2.05, 4.69) is 15.2 Å². The number of aryl methyl sites for hydroxylation is 3. The van der Waals surface area contributed by atoms with Crippen molar-refractivity contribution in [3.05, 3.63) is 46.9 Å². The molecule has 0 saturated carbocycles. The fourth-order valence-corrected chi connectivity index (χ4v) is 5.37. The smallest absolute Gasteiger partial charge is 0.227 e. The highest BCUT2D eigenvalue weighted by molar-refractivity contribution is 6.00. The van der Waals surface area contributed by atoms with Crippen molar-refractivity contribution >= 4 is 23.3 Å². The van der Waals surface area contributed by atoms with E-state index < -0.39 is 0 Å². The number of carbonyl (C=O) groups is 2. The predicted octanol–water partition coefficient (Wildman–Crippen LogP) is 3.11. The number of carbonyl (C=O) groups excluding carboxylic acids is 2. The molecule has 0 bridgehead atoms. The van der Waals surface area contributed by atoms with Gasteiger partial charge >= 0.3 is 0 Å². The summed E-state index contributed by atoms with van der Waals surface area (Å²) in [4.78, 5) is 39.1. The first-order chi connectivity index (χ1) is 16.0. The second-order valence-corrected chi connectivity index (χ2v) is 9.74. The van der Waals surface area contributed by atoms with Crippen molar-refractivity contribution < 1.29 is 9.59 Å². The van der Waals surface area contributed by atoms with Gasteiger partial charge in [-0.25, -0.2) is 9.97 Å².